The Morgan fingerprint density at radius 1 is 1.21 bits per heavy atom. The second-order valence-corrected chi connectivity index (χ2v) is 5.54. The molecule has 0 bridgehead atoms. The van der Waals surface area contributed by atoms with Gasteiger partial charge in [-0.25, -0.2) is 0 Å². The molecule has 4 nitrogen and oxygen atoms in total. The number of rotatable bonds is 2. The average molecular weight is 380 g/mol. The minimum absolute atomic E-state index is 0.570. The number of hydrogen-bond donors (Lipinski definition) is 1. The van der Waals surface area contributed by atoms with E-state index in [1.807, 2.05) is 34.9 Å². The molecule has 0 atom stereocenters. The number of aromatic nitrogens is 4. The number of nitrogens with zero attached hydrogens (tertiary/aromatic N) is 3. The molecular weight excluding hydrogens is 371 g/mol. The third-order valence-electron chi connectivity index (χ3n) is 2.66. The Bertz CT molecular complexity index is 764. The first-order valence-electron chi connectivity index (χ1n) is 5.59. The molecule has 2 heterocycles. The van der Waals surface area contributed by atoms with Gasteiger partial charge in [0.05, 0.1) is 5.69 Å². The van der Waals surface area contributed by atoms with Crippen LogP contribution in [-0.4, -0.2) is 19.7 Å². The van der Waals surface area contributed by atoms with Gasteiger partial charge >= 0.3 is 0 Å². The van der Waals surface area contributed by atoms with E-state index in [-0.39, 0.29) is 0 Å². The van der Waals surface area contributed by atoms with Crippen LogP contribution >= 0.6 is 34.8 Å². The lowest BCUT2D eigenvalue weighted by Crippen LogP contribution is -1.98. The normalized spacial score (nSPS) is 10.6. The zero-order valence-electron chi connectivity index (χ0n) is 9.75. The Balaban J connectivity index is 2.23. The second kappa shape index (κ2) is 5.22. The number of benzene rings is 1. The molecule has 19 heavy (non-hydrogen) atoms. The SMILES string of the molecule is S=c1[nH]nc(-c2cccnc2)n1-c1cccc(I)c1. The van der Waals surface area contributed by atoms with E-state index in [1.54, 1.807) is 12.4 Å². The van der Waals surface area contributed by atoms with Crippen molar-refractivity contribution in [2.75, 3.05) is 0 Å². The fourth-order valence-electron chi connectivity index (χ4n) is 1.84. The van der Waals surface area contributed by atoms with E-state index in [0.29, 0.717) is 4.77 Å². The summed E-state index contributed by atoms with van der Waals surface area (Å²) in [5, 5.41) is 7.13. The van der Waals surface area contributed by atoms with Crippen molar-refractivity contribution in [1.29, 1.82) is 0 Å². The first-order chi connectivity index (χ1) is 9.25. The van der Waals surface area contributed by atoms with Gasteiger partial charge in [-0.2, -0.15) is 5.10 Å². The molecule has 0 saturated carbocycles. The smallest absolute Gasteiger partial charge is 0.200 e. The van der Waals surface area contributed by atoms with E-state index in [4.69, 9.17) is 12.2 Å². The maximum absolute atomic E-state index is 5.32. The molecule has 0 unspecified atom stereocenters. The number of pyridine rings is 1. The summed E-state index contributed by atoms with van der Waals surface area (Å²) in [6.45, 7) is 0. The van der Waals surface area contributed by atoms with Crippen LogP contribution in [0, 0.1) is 8.34 Å². The number of halogens is 1. The fourth-order valence-corrected chi connectivity index (χ4v) is 2.60. The molecule has 0 radical (unpaired) electrons. The Kier molecular flexibility index (Phi) is 3.43. The van der Waals surface area contributed by atoms with Crippen molar-refractivity contribution >= 4 is 34.8 Å². The van der Waals surface area contributed by atoms with Crippen LogP contribution in [0.25, 0.3) is 17.1 Å². The summed E-state index contributed by atoms with van der Waals surface area (Å²) in [6.07, 6.45) is 3.51. The third-order valence-corrected chi connectivity index (χ3v) is 3.60. The maximum Gasteiger partial charge on any atom is 0.200 e. The van der Waals surface area contributed by atoms with Crippen LogP contribution in [0.2, 0.25) is 0 Å². The van der Waals surface area contributed by atoms with Gasteiger partial charge < -0.3 is 0 Å². The molecule has 0 saturated heterocycles. The Hall–Kier alpha value is -1.54. The van der Waals surface area contributed by atoms with E-state index in [1.165, 1.54) is 0 Å². The summed E-state index contributed by atoms with van der Waals surface area (Å²) in [5.41, 5.74) is 1.92. The van der Waals surface area contributed by atoms with Crippen LogP contribution < -0.4 is 0 Å². The van der Waals surface area contributed by atoms with Crippen LogP contribution in [0.15, 0.2) is 48.8 Å². The molecule has 6 heteroatoms. The third kappa shape index (κ3) is 2.45. The number of nitrogens with one attached hydrogen (secondary N) is 1. The van der Waals surface area contributed by atoms with Crippen LogP contribution in [0.4, 0.5) is 0 Å². The van der Waals surface area contributed by atoms with Gasteiger partial charge in [0.15, 0.2) is 10.6 Å². The van der Waals surface area contributed by atoms with Crippen molar-refractivity contribution in [2.45, 2.75) is 0 Å². The van der Waals surface area contributed by atoms with Crippen LogP contribution in [0.5, 0.6) is 0 Å². The average Bonchev–Trinajstić information content (AvgIpc) is 2.82. The zero-order valence-corrected chi connectivity index (χ0v) is 12.7. The summed E-state index contributed by atoms with van der Waals surface area (Å²) in [4.78, 5) is 4.12. The molecule has 1 N–H and O–H groups in total. The first kappa shape index (κ1) is 12.5. The van der Waals surface area contributed by atoms with E-state index < -0.39 is 0 Å². The fraction of sp³-hybridized carbons (Fsp3) is 0. The lowest BCUT2D eigenvalue weighted by atomic mass is 10.2. The highest BCUT2D eigenvalue weighted by Crippen LogP contribution is 2.21. The van der Waals surface area contributed by atoms with Crippen molar-refractivity contribution in [3.63, 3.8) is 0 Å². The van der Waals surface area contributed by atoms with Gasteiger partial charge in [0, 0.05) is 21.5 Å². The van der Waals surface area contributed by atoms with Crippen molar-refractivity contribution in [3.8, 4) is 17.1 Å². The molecule has 0 amide bonds. The molecule has 0 fully saturated rings. The van der Waals surface area contributed by atoms with E-state index >= 15 is 0 Å². The lowest BCUT2D eigenvalue weighted by Gasteiger charge is -2.06. The number of hydrogen-bond acceptors (Lipinski definition) is 3. The minimum atomic E-state index is 0.570. The molecule has 3 aromatic rings. The van der Waals surface area contributed by atoms with Crippen molar-refractivity contribution in [3.05, 3.63) is 57.1 Å². The van der Waals surface area contributed by atoms with Gasteiger partial charge in [0.2, 0.25) is 0 Å². The van der Waals surface area contributed by atoms with Crippen LogP contribution in [0.3, 0.4) is 0 Å². The predicted molar refractivity (Wildman–Crippen MR) is 84.7 cm³/mol. The quantitative estimate of drug-likeness (QED) is 0.546. The molecule has 1 aromatic carbocycles. The Morgan fingerprint density at radius 3 is 2.84 bits per heavy atom. The Morgan fingerprint density at radius 2 is 2.11 bits per heavy atom. The monoisotopic (exact) mass is 380 g/mol. The number of H-pyrrole nitrogens is 1. The standard InChI is InChI=1S/C13H9IN4S/c14-10-4-1-5-11(7-10)18-12(16-17-13(18)19)9-3-2-6-15-8-9/h1-8H,(H,17,19). The van der Waals surface area contributed by atoms with E-state index in [0.717, 1.165) is 20.6 Å². The second-order valence-electron chi connectivity index (χ2n) is 3.91. The highest BCUT2D eigenvalue weighted by atomic mass is 127. The van der Waals surface area contributed by atoms with Crippen molar-refractivity contribution in [1.82, 2.24) is 19.7 Å². The zero-order chi connectivity index (χ0) is 13.2. The van der Waals surface area contributed by atoms with Crippen molar-refractivity contribution in [2.24, 2.45) is 0 Å². The van der Waals surface area contributed by atoms with Gasteiger partial charge in [-0.3, -0.25) is 14.6 Å². The molecular formula is C13H9IN4S. The van der Waals surface area contributed by atoms with Gasteiger partial charge in [0.25, 0.3) is 0 Å². The molecule has 0 aliphatic carbocycles. The molecule has 2 aromatic heterocycles. The summed E-state index contributed by atoms with van der Waals surface area (Å²) in [6, 6.07) is 11.9. The number of aromatic amines is 1. The molecule has 0 aliphatic rings. The topological polar surface area (TPSA) is 46.5 Å². The van der Waals surface area contributed by atoms with E-state index in [9.17, 15) is 0 Å². The lowest BCUT2D eigenvalue weighted by molar-refractivity contribution is 1.03. The summed E-state index contributed by atoms with van der Waals surface area (Å²) in [7, 11) is 0. The first-order valence-corrected chi connectivity index (χ1v) is 7.08. The summed E-state index contributed by atoms with van der Waals surface area (Å²) in [5.74, 6) is 0.764. The molecule has 0 aliphatic heterocycles. The highest BCUT2D eigenvalue weighted by Gasteiger charge is 2.10. The predicted octanol–water partition coefficient (Wildman–Crippen LogP) is 3.60. The maximum atomic E-state index is 5.32. The van der Waals surface area contributed by atoms with Crippen LogP contribution in [-0.2, 0) is 0 Å². The molecule has 0 spiro atoms. The largest absolute Gasteiger partial charge is 0.268 e. The van der Waals surface area contributed by atoms with Crippen molar-refractivity contribution < 1.29 is 0 Å². The highest BCUT2D eigenvalue weighted by molar-refractivity contribution is 14.1. The van der Waals surface area contributed by atoms with Gasteiger partial charge in [-0.05, 0) is 65.1 Å². The van der Waals surface area contributed by atoms with Gasteiger partial charge in [-0.1, -0.05) is 6.07 Å². The van der Waals surface area contributed by atoms with E-state index in [2.05, 4.69) is 43.8 Å². The summed E-state index contributed by atoms with van der Waals surface area (Å²) >= 11 is 7.60. The Labute approximate surface area is 128 Å². The minimum Gasteiger partial charge on any atom is -0.268 e. The van der Waals surface area contributed by atoms with Gasteiger partial charge in [-0.15, -0.1) is 0 Å². The van der Waals surface area contributed by atoms with Gasteiger partial charge in [0.1, 0.15) is 0 Å². The molecule has 94 valence electrons. The van der Waals surface area contributed by atoms with Crippen LogP contribution in [0.1, 0.15) is 0 Å². The summed E-state index contributed by atoms with van der Waals surface area (Å²) < 4.78 is 3.63. The molecule has 3 rings (SSSR count).